The topological polar surface area (TPSA) is 43.4 Å². The standard InChI is InChI=1S/C4H6Cl2O3S/c1-4(6)3(5)2-10(7,8)9-4/h3H,2H2,1H3/t3-,4-/m0/s1. The van der Waals surface area contributed by atoms with Crippen LogP contribution in [0.15, 0.2) is 0 Å². The summed E-state index contributed by atoms with van der Waals surface area (Å²) in [5, 5.41) is -1.93. The summed E-state index contributed by atoms with van der Waals surface area (Å²) in [6.07, 6.45) is 0. The first kappa shape index (κ1) is 8.59. The third-order valence-corrected chi connectivity index (χ3v) is 3.84. The lowest BCUT2D eigenvalue weighted by molar-refractivity contribution is 0.216. The second kappa shape index (κ2) is 2.24. The van der Waals surface area contributed by atoms with Crippen molar-refractivity contribution in [2.24, 2.45) is 0 Å². The fourth-order valence-corrected chi connectivity index (χ4v) is 3.04. The van der Waals surface area contributed by atoms with Gasteiger partial charge in [0.1, 0.15) is 0 Å². The van der Waals surface area contributed by atoms with E-state index in [4.69, 9.17) is 23.2 Å². The fourth-order valence-electron chi connectivity index (χ4n) is 0.663. The predicted molar refractivity (Wildman–Crippen MR) is 38.8 cm³/mol. The van der Waals surface area contributed by atoms with E-state index in [0.29, 0.717) is 0 Å². The minimum atomic E-state index is -3.47. The monoisotopic (exact) mass is 204 g/mol. The number of halogens is 2. The zero-order chi connectivity index (χ0) is 7.99. The zero-order valence-electron chi connectivity index (χ0n) is 5.17. The lowest BCUT2D eigenvalue weighted by Gasteiger charge is -2.13. The van der Waals surface area contributed by atoms with Crippen LogP contribution >= 0.6 is 23.2 Å². The van der Waals surface area contributed by atoms with Crippen molar-refractivity contribution >= 4 is 33.3 Å². The van der Waals surface area contributed by atoms with Gasteiger partial charge < -0.3 is 0 Å². The molecule has 0 unspecified atom stereocenters. The van der Waals surface area contributed by atoms with E-state index >= 15 is 0 Å². The van der Waals surface area contributed by atoms with E-state index in [-0.39, 0.29) is 5.75 Å². The summed E-state index contributed by atoms with van der Waals surface area (Å²) in [5.74, 6) is -0.214. The van der Waals surface area contributed by atoms with Crippen LogP contribution in [0, 0.1) is 0 Å². The summed E-state index contributed by atoms with van der Waals surface area (Å²) < 4.78 is 25.8. The molecule has 0 aliphatic carbocycles. The van der Waals surface area contributed by atoms with Crippen LogP contribution in [0.3, 0.4) is 0 Å². The van der Waals surface area contributed by atoms with Crippen molar-refractivity contribution < 1.29 is 12.6 Å². The van der Waals surface area contributed by atoms with E-state index in [0.717, 1.165) is 0 Å². The molecule has 0 bridgehead atoms. The first-order valence-corrected chi connectivity index (χ1v) is 4.99. The molecule has 6 heteroatoms. The maximum atomic E-state index is 10.7. The molecule has 0 radical (unpaired) electrons. The van der Waals surface area contributed by atoms with Gasteiger partial charge in [0.25, 0.3) is 10.1 Å². The summed E-state index contributed by atoms with van der Waals surface area (Å²) in [6.45, 7) is 1.43. The molecule has 0 N–H and O–H groups in total. The molecule has 1 aliphatic rings. The molecular formula is C4H6Cl2O3S. The molecular weight excluding hydrogens is 199 g/mol. The van der Waals surface area contributed by atoms with Gasteiger partial charge in [-0.05, 0) is 6.92 Å². The third-order valence-electron chi connectivity index (χ3n) is 1.20. The molecule has 0 saturated carbocycles. The van der Waals surface area contributed by atoms with Crippen LogP contribution in [-0.2, 0) is 14.3 Å². The Morgan fingerprint density at radius 2 is 2.20 bits per heavy atom. The quantitative estimate of drug-likeness (QED) is 0.436. The molecule has 2 atom stereocenters. The number of rotatable bonds is 0. The SMILES string of the molecule is C[C@]1(Cl)OS(=O)(=O)C[C@@H]1Cl. The van der Waals surface area contributed by atoms with Crippen molar-refractivity contribution in [3.63, 3.8) is 0 Å². The Morgan fingerprint density at radius 1 is 1.70 bits per heavy atom. The van der Waals surface area contributed by atoms with E-state index in [1.165, 1.54) is 6.92 Å². The highest BCUT2D eigenvalue weighted by Crippen LogP contribution is 2.35. The average Bonchev–Trinajstić information content (AvgIpc) is 1.73. The van der Waals surface area contributed by atoms with E-state index in [1.807, 2.05) is 0 Å². The van der Waals surface area contributed by atoms with Crippen molar-refractivity contribution in [1.29, 1.82) is 0 Å². The van der Waals surface area contributed by atoms with Crippen molar-refractivity contribution in [2.75, 3.05) is 5.75 Å². The molecule has 1 saturated heterocycles. The highest BCUT2D eigenvalue weighted by atomic mass is 35.5. The Balaban J connectivity index is 2.92. The predicted octanol–water partition coefficient (Wildman–Crippen LogP) is 0.909. The molecule has 1 fully saturated rings. The Labute approximate surface area is 69.4 Å². The highest BCUT2D eigenvalue weighted by Gasteiger charge is 2.46. The van der Waals surface area contributed by atoms with Gasteiger partial charge >= 0.3 is 0 Å². The molecule has 3 nitrogen and oxygen atoms in total. The largest absolute Gasteiger partial charge is 0.270 e. The van der Waals surface area contributed by atoms with Gasteiger partial charge in [0.05, 0.1) is 11.1 Å². The maximum absolute atomic E-state index is 10.7. The molecule has 1 rings (SSSR count). The molecule has 1 aliphatic heterocycles. The van der Waals surface area contributed by atoms with Crippen LogP contribution in [0.5, 0.6) is 0 Å². The van der Waals surface area contributed by atoms with Crippen molar-refractivity contribution in [3.05, 3.63) is 0 Å². The van der Waals surface area contributed by atoms with Crippen LogP contribution in [-0.4, -0.2) is 24.6 Å². The molecule has 60 valence electrons. The highest BCUT2D eigenvalue weighted by molar-refractivity contribution is 7.87. The normalized spacial score (nSPS) is 45.7. The summed E-state index contributed by atoms with van der Waals surface area (Å²) in [5.41, 5.74) is 0. The van der Waals surface area contributed by atoms with Crippen LogP contribution in [0.4, 0.5) is 0 Å². The minimum absolute atomic E-state index is 0.214. The van der Waals surface area contributed by atoms with Gasteiger partial charge in [0.15, 0.2) is 5.06 Å². The van der Waals surface area contributed by atoms with Crippen LogP contribution in [0.2, 0.25) is 0 Å². The second-order valence-corrected chi connectivity index (χ2v) is 5.15. The zero-order valence-corrected chi connectivity index (χ0v) is 7.50. The van der Waals surface area contributed by atoms with Crippen molar-refractivity contribution in [1.82, 2.24) is 0 Å². The van der Waals surface area contributed by atoms with Gasteiger partial charge in [0, 0.05) is 0 Å². The number of alkyl halides is 2. The molecule has 0 aromatic heterocycles. The van der Waals surface area contributed by atoms with Crippen LogP contribution in [0.1, 0.15) is 6.92 Å². The van der Waals surface area contributed by atoms with Crippen molar-refractivity contribution in [3.8, 4) is 0 Å². The van der Waals surface area contributed by atoms with E-state index < -0.39 is 20.6 Å². The van der Waals surface area contributed by atoms with Gasteiger partial charge in [-0.1, -0.05) is 11.6 Å². The van der Waals surface area contributed by atoms with Crippen molar-refractivity contribution in [2.45, 2.75) is 17.4 Å². The molecule has 0 spiro atoms. The van der Waals surface area contributed by atoms with Gasteiger partial charge in [-0.3, -0.25) is 0 Å². The maximum Gasteiger partial charge on any atom is 0.270 e. The van der Waals surface area contributed by atoms with Gasteiger partial charge in [-0.2, -0.15) is 8.42 Å². The summed E-state index contributed by atoms with van der Waals surface area (Å²) >= 11 is 11.1. The Bertz CT molecular complexity index is 233. The first-order valence-electron chi connectivity index (χ1n) is 2.60. The van der Waals surface area contributed by atoms with Gasteiger partial charge in [0.2, 0.25) is 0 Å². The Morgan fingerprint density at radius 3 is 2.30 bits per heavy atom. The summed E-state index contributed by atoms with van der Waals surface area (Å²) in [4.78, 5) is 0. The Hall–Kier alpha value is 0.490. The Kier molecular flexibility index (Phi) is 1.92. The lowest BCUT2D eigenvalue weighted by Crippen LogP contribution is -2.25. The van der Waals surface area contributed by atoms with Crippen LogP contribution < -0.4 is 0 Å². The van der Waals surface area contributed by atoms with Crippen LogP contribution in [0.25, 0.3) is 0 Å². The summed E-state index contributed by atoms with van der Waals surface area (Å²) in [6, 6.07) is 0. The molecule has 0 aromatic carbocycles. The molecule has 10 heavy (non-hydrogen) atoms. The van der Waals surface area contributed by atoms with E-state index in [9.17, 15) is 8.42 Å². The smallest absolute Gasteiger partial charge is 0.246 e. The fraction of sp³-hybridized carbons (Fsp3) is 1.00. The lowest BCUT2D eigenvalue weighted by atomic mass is 10.3. The average molecular weight is 205 g/mol. The minimum Gasteiger partial charge on any atom is -0.246 e. The third kappa shape index (κ3) is 1.56. The first-order chi connectivity index (χ1) is 4.33. The van der Waals surface area contributed by atoms with E-state index in [1.54, 1.807) is 0 Å². The molecule has 0 aromatic rings. The van der Waals surface area contributed by atoms with E-state index in [2.05, 4.69) is 4.18 Å². The van der Waals surface area contributed by atoms with Gasteiger partial charge in [-0.25, -0.2) is 4.18 Å². The summed E-state index contributed by atoms with van der Waals surface area (Å²) in [7, 11) is -3.47. The van der Waals surface area contributed by atoms with Gasteiger partial charge in [-0.15, -0.1) is 11.6 Å². The molecule has 1 heterocycles. The number of hydrogen-bond donors (Lipinski definition) is 0. The molecule has 0 amide bonds. The number of hydrogen-bond acceptors (Lipinski definition) is 3. The second-order valence-electron chi connectivity index (χ2n) is 2.26.